The third kappa shape index (κ3) is 6.72. The predicted octanol–water partition coefficient (Wildman–Crippen LogP) is 3.07. The van der Waals surface area contributed by atoms with E-state index in [1.54, 1.807) is 7.11 Å². The molecule has 1 aromatic carbocycles. The van der Waals surface area contributed by atoms with E-state index in [9.17, 15) is 0 Å². The number of rotatable bonds is 9. The average Bonchev–Trinajstić information content (AvgIpc) is 2.38. The van der Waals surface area contributed by atoms with Gasteiger partial charge in [0.2, 0.25) is 0 Å². The fraction of sp³-hybridized carbons (Fsp3) is 0.571. The van der Waals surface area contributed by atoms with Gasteiger partial charge in [-0.25, -0.2) is 0 Å². The van der Waals surface area contributed by atoms with Crippen LogP contribution in [0.15, 0.2) is 24.3 Å². The largest absolute Gasteiger partial charge is 0.497 e. The molecule has 1 aromatic rings. The molecular formula is C14H22ClNO2. The van der Waals surface area contributed by atoms with Crippen LogP contribution in [0.5, 0.6) is 11.5 Å². The van der Waals surface area contributed by atoms with Gasteiger partial charge in [-0.05, 0) is 50.6 Å². The van der Waals surface area contributed by atoms with E-state index in [1.165, 1.54) is 0 Å². The second kappa shape index (κ2) is 9.06. The van der Waals surface area contributed by atoms with Gasteiger partial charge >= 0.3 is 0 Å². The van der Waals surface area contributed by atoms with Crippen molar-refractivity contribution in [3.8, 4) is 11.5 Å². The smallest absolute Gasteiger partial charge is 0.119 e. The van der Waals surface area contributed by atoms with Crippen LogP contribution in [-0.4, -0.2) is 32.2 Å². The molecule has 102 valence electrons. The van der Waals surface area contributed by atoms with Gasteiger partial charge in [-0.15, -0.1) is 11.6 Å². The molecule has 0 fully saturated rings. The lowest BCUT2D eigenvalue weighted by atomic mass is 10.2. The number of nitrogens with one attached hydrogen (secondary N) is 1. The average molecular weight is 272 g/mol. The third-order valence-corrected chi connectivity index (χ3v) is 2.78. The van der Waals surface area contributed by atoms with Crippen molar-refractivity contribution in [3.63, 3.8) is 0 Å². The van der Waals surface area contributed by atoms with Gasteiger partial charge in [0, 0.05) is 11.9 Å². The fourth-order valence-corrected chi connectivity index (χ4v) is 1.70. The molecule has 0 aliphatic carbocycles. The standard InChI is InChI=1S/C14H22ClNO2/c1-12(15)4-3-9-16-10-11-18-14-7-5-13(17-2)6-8-14/h5-8,12,16H,3-4,9-11H2,1-2H3. The molecule has 0 bridgehead atoms. The zero-order valence-electron chi connectivity index (χ0n) is 11.1. The van der Waals surface area contributed by atoms with Crippen LogP contribution >= 0.6 is 11.6 Å². The van der Waals surface area contributed by atoms with E-state index >= 15 is 0 Å². The highest BCUT2D eigenvalue weighted by Gasteiger charge is 1.96. The van der Waals surface area contributed by atoms with Crippen LogP contribution in [0.1, 0.15) is 19.8 Å². The Morgan fingerprint density at radius 2 is 1.83 bits per heavy atom. The van der Waals surface area contributed by atoms with Gasteiger partial charge in [0.15, 0.2) is 0 Å². The first-order valence-electron chi connectivity index (χ1n) is 6.34. The molecular weight excluding hydrogens is 250 g/mol. The highest BCUT2D eigenvalue weighted by atomic mass is 35.5. The van der Waals surface area contributed by atoms with Gasteiger partial charge in [-0.1, -0.05) is 0 Å². The van der Waals surface area contributed by atoms with Gasteiger partial charge < -0.3 is 14.8 Å². The van der Waals surface area contributed by atoms with Crippen molar-refractivity contribution in [2.24, 2.45) is 0 Å². The topological polar surface area (TPSA) is 30.5 Å². The van der Waals surface area contributed by atoms with Gasteiger partial charge in [-0.2, -0.15) is 0 Å². The minimum absolute atomic E-state index is 0.266. The Kier molecular flexibility index (Phi) is 7.62. The quantitative estimate of drug-likeness (QED) is 0.553. The summed E-state index contributed by atoms with van der Waals surface area (Å²) in [5, 5.41) is 3.59. The van der Waals surface area contributed by atoms with E-state index in [4.69, 9.17) is 21.1 Å². The SMILES string of the molecule is COc1ccc(OCCNCCCC(C)Cl)cc1. The number of halogens is 1. The van der Waals surface area contributed by atoms with Crippen LogP contribution in [0.25, 0.3) is 0 Å². The minimum Gasteiger partial charge on any atom is -0.497 e. The van der Waals surface area contributed by atoms with E-state index in [-0.39, 0.29) is 5.38 Å². The van der Waals surface area contributed by atoms with E-state index in [2.05, 4.69) is 5.32 Å². The number of benzene rings is 1. The minimum atomic E-state index is 0.266. The molecule has 0 amide bonds. The summed E-state index contributed by atoms with van der Waals surface area (Å²) in [7, 11) is 1.65. The van der Waals surface area contributed by atoms with Crippen molar-refractivity contribution in [1.82, 2.24) is 5.32 Å². The molecule has 0 aliphatic heterocycles. The maximum Gasteiger partial charge on any atom is 0.119 e. The van der Waals surface area contributed by atoms with E-state index < -0.39 is 0 Å². The summed E-state index contributed by atoms with van der Waals surface area (Å²) in [5.74, 6) is 1.71. The maximum absolute atomic E-state index is 5.86. The zero-order chi connectivity index (χ0) is 13.2. The van der Waals surface area contributed by atoms with Crippen LogP contribution in [0.2, 0.25) is 0 Å². The van der Waals surface area contributed by atoms with Crippen molar-refractivity contribution in [2.75, 3.05) is 26.8 Å². The first kappa shape index (κ1) is 15.1. The maximum atomic E-state index is 5.86. The molecule has 0 saturated carbocycles. The van der Waals surface area contributed by atoms with Gasteiger partial charge in [0.25, 0.3) is 0 Å². The number of hydrogen-bond donors (Lipinski definition) is 1. The molecule has 0 aliphatic rings. The Labute approximate surface area is 114 Å². The summed E-state index contributed by atoms with van der Waals surface area (Å²) in [6.45, 7) is 4.53. The van der Waals surface area contributed by atoms with E-state index in [0.29, 0.717) is 6.61 Å². The van der Waals surface area contributed by atoms with E-state index in [0.717, 1.165) is 37.4 Å². The molecule has 0 aromatic heterocycles. The van der Waals surface area contributed by atoms with Crippen molar-refractivity contribution in [1.29, 1.82) is 0 Å². The number of ether oxygens (including phenoxy) is 2. The summed E-state index contributed by atoms with van der Waals surface area (Å²) in [6.07, 6.45) is 2.15. The van der Waals surface area contributed by atoms with Crippen LogP contribution in [-0.2, 0) is 0 Å². The predicted molar refractivity (Wildman–Crippen MR) is 75.9 cm³/mol. The first-order valence-corrected chi connectivity index (χ1v) is 6.77. The zero-order valence-corrected chi connectivity index (χ0v) is 11.9. The van der Waals surface area contributed by atoms with Crippen molar-refractivity contribution < 1.29 is 9.47 Å². The molecule has 1 unspecified atom stereocenters. The lowest BCUT2D eigenvalue weighted by Crippen LogP contribution is -2.22. The van der Waals surface area contributed by atoms with E-state index in [1.807, 2.05) is 31.2 Å². The molecule has 1 N–H and O–H groups in total. The van der Waals surface area contributed by atoms with Crippen molar-refractivity contribution in [3.05, 3.63) is 24.3 Å². The van der Waals surface area contributed by atoms with Gasteiger partial charge in [-0.3, -0.25) is 0 Å². The number of methoxy groups -OCH3 is 1. The molecule has 1 rings (SSSR count). The Hall–Kier alpha value is -0.930. The fourth-order valence-electron chi connectivity index (χ4n) is 1.55. The lowest BCUT2D eigenvalue weighted by molar-refractivity contribution is 0.313. The Balaban J connectivity index is 2.03. The first-order chi connectivity index (χ1) is 8.72. The third-order valence-electron chi connectivity index (χ3n) is 2.56. The summed E-state index contributed by atoms with van der Waals surface area (Å²) < 4.78 is 10.7. The molecule has 18 heavy (non-hydrogen) atoms. The summed E-state index contributed by atoms with van der Waals surface area (Å²) in [6, 6.07) is 7.61. The van der Waals surface area contributed by atoms with Crippen molar-refractivity contribution in [2.45, 2.75) is 25.1 Å². The molecule has 4 heteroatoms. The highest BCUT2D eigenvalue weighted by Crippen LogP contribution is 2.16. The normalized spacial score (nSPS) is 12.2. The van der Waals surface area contributed by atoms with Gasteiger partial charge in [0.05, 0.1) is 7.11 Å². The summed E-state index contributed by atoms with van der Waals surface area (Å²) in [5.41, 5.74) is 0. The molecule has 0 saturated heterocycles. The van der Waals surface area contributed by atoms with Crippen LogP contribution in [0, 0.1) is 0 Å². The van der Waals surface area contributed by atoms with Gasteiger partial charge in [0.1, 0.15) is 18.1 Å². The highest BCUT2D eigenvalue weighted by molar-refractivity contribution is 6.20. The number of hydrogen-bond acceptors (Lipinski definition) is 3. The van der Waals surface area contributed by atoms with Crippen LogP contribution in [0.3, 0.4) is 0 Å². The molecule has 0 spiro atoms. The Morgan fingerprint density at radius 3 is 2.44 bits per heavy atom. The number of alkyl halides is 1. The monoisotopic (exact) mass is 271 g/mol. The summed E-state index contributed by atoms with van der Waals surface area (Å²) in [4.78, 5) is 0. The molecule has 3 nitrogen and oxygen atoms in total. The molecule has 1 atom stereocenters. The Morgan fingerprint density at radius 1 is 1.17 bits per heavy atom. The Bertz CT molecular complexity index is 314. The molecule has 0 heterocycles. The molecule has 0 radical (unpaired) electrons. The lowest BCUT2D eigenvalue weighted by Gasteiger charge is -2.08. The van der Waals surface area contributed by atoms with Crippen LogP contribution in [0.4, 0.5) is 0 Å². The van der Waals surface area contributed by atoms with Crippen LogP contribution < -0.4 is 14.8 Å². The summed E-state index contributed by atoms with van der Waals surface area (Å²) >= 11 is 5.86. The second-order valence-corrected chi connectivity index (χ2v) is 4.94. The van der Waals surface area contributed by atoms with Crippen molar-refractivity contribution >= 4 is 11.6 Å². The second-order valence-electron chi connectivity index (χ2n) is 4.20.